The van der Waals surface area contributed by atoms with Gasteiger partial charge in [-0.1, -0.05) is 48.5 Å². The maximum absolute atomic E-state index is 11.7. The van der Waals surface area contributed by atoms with Crippen LogP contribution < -0.4 is 11.3 Å². The Kier molecular flexibility index (Phi) is 4.87. The van der Waals surface area contributed by atoms with Gasteiger partial charge in [0, 0.05) is 18.7 Å². The minimum absolute atomic E-state index is 0.256. The van der Waals surface area contributed by atoms with Gasteiger partial charge in [-0.3, -0.25) is 15.1 Å². The molecule has 0 saturated heterocycles. The normalized spacial score (nSPS) is 10.6. The minimum Gasteiger partial charge on any atom is -0.298 e. The van der Waals surface area contributed by atoms with Crippen LogP contribution in [0.15, 0.2) is 54.6 Å². The van der Waals surface area contributed by atoms with Crippen LogP contribution in [0.2, 0.25) is 0 Å². The molecule has 2 rings (SSSR count). The van der Waals surface area contributed by atoms with Gasteiger partial charge in [-0.25, -0.2) is 5.84 Å². The molecule has 20 heavy (non-hydrogen) atoms. The number of rotatable bonds is 5. The molecule has 4 nitrogen and oxygen atoms in total. The first-order valence-corrected chi connectivity index (χ1v) is 6.52. The molecule has 4 heteroatoms. The molecule has 0 aliphatic carbocycles. The van der Waals surface area contributed by atoms with Crippen LogP contribution in [0, 0.1) is 0 Å². The van der Waals surface area contributed by atoms with E-state index in [0.717, 1.165) is 12.1 Å². The molecular formula is C16H19N3O. The number of benzene rings is 2. The van der Waals surface area contributed by atoms with Crippen molar-refractivity contribution in [2.45, 2.75) is 13.1 Å². The number of amides is 1. The fourth-order valence-corrected chi connectivity index (χ4v) is 2.20. The average molecular weight is 269 g/mol. The van der Waals surface area contributed by atoms with Gasteiger partial charge >= 0.3 is 0 Å². The van der Waals surface area contributed by atoms with Crippen LogP contribution in [0.1, 0.15) is 21.5 Å². The zero-order chi connectivity index (χ0) is 14.4. The maximum Gasteiger partial charge on any atom is 0.265 e. The van der Waals surface area contributed by atoms with Crippen molar-refractivity contribution in [1.82, 2.24) is 10.3 Å². The predicted octanol–water partition coefficient (Wildman–Crippen LogP) is 1.92. The molecule has 1 amide bonds. The van der Waals surface area contributed by atoms with Gasteiger partial charge in [0.15, 0.2) is 0 Å². The van der Waals surface area contributed by atoms with Crippen LogP contribution in [-0.2, 0) is 13.1 Å². The summed E-state index contributed by atoms with van der Waals surface area (Å²) in [5.74, 6) is 4.96. The van der Waals surface area contributed by atoms with Crippen LogP contribution in [0.5, 0.6) is 0 Å². The fourth-order valence-electron chi connectivity index (χ4n) is 2.20. The van der Waals surface area contributed by atoms with Crippen LogP contribution >= 0.6 is 0 Å². The molecule has 2 aromatic carbocycles. The third-order valence-corrected chi connectivity index (χ3v) is 3.13. The SMILES string of the molecule is CN(Cc1ccccc1)Cc1ccccc1C(=O)NN. The van der Waals surface area contributed by atoms with Crippen LogP contribution in [0.25, 0.3) is 0 Å². The molecule has 3 N–H and O–H groups in total. The summed E-state index contributed by atoms with van der Waals surface area (Å²) in [6.07, 6.45) is 0. The molecule has 0 atom stereocenters. The van der Waals surface area contributed by atoms with Crippen LogP contribution in [-0.4, -0.2) is 17.9 Å². The van der Waals surface area contributed by atoms with Gasteiger partial charge in [0.2, 0.25) is 0 Å². The third-order valence-electron chi connectivity index (χ3n) is 3.13. The van der Waals surface area contributed by atoms with E-state index < -0.39 is 0 Å². The van der Waals surface area contributed by atoms with Crippen molar-refractivity contribution in [3.05, 3.63) is 71.3 Å². The number of nitrogens with two attached hydrogens (primary N) is 1. The molecule has 0 aliphatic heterocycles. The Balaban J connectivity index is 2.08. The first-order chi connectivity index (χ1) is 9.70. The Hall–Kier alpha value is -2.17. The standard InChI is InChI=1S/C16H19N3O/c1-19(11-13-7-3-2-4-8-13)12-14-9-5-6-10-15(14)16(20)18-17/h2-10H,11-12,17H2,1H3,(H,18,20). The largest absolute Gasteiger partial charge is 0.298 e. The first kappa shape index (κ1) is 14.2. The van der Waals surface area contributed by atoms with E-state index in [4.69, 9.17) is 5.84 Å². The summed E-state index contributed by atoms with van der Waals surface area (Å²) in [7, 11) is 2.03. The Bertz CT molecular complexity index is 569. The third kappa shape index (κ3) is 3.66. The summed E-state index contributed by atoms with van der Waals surface area (Å²) >= 11 is 0. The summed E-state index contributed by atoms with van der Waals surface area (Å²) in [5, 5.41) is 0. The van der Waals surface area contributed by atoms with E-state index in [1.54, 1.807) is 6.07 Å². The number of hydrogen-bond acceptors (Lipinski definition) is 3. The molecule has 0 heterocycles. The second-order valence-electron chi connectivity index (χ2n) is 4.79. The molecule has 0 aliphatic rings. The Morgan fingerprint density at radius 1 is 1.05 bits per heavy atom. The molecule has 0 radical (unpaired) electrons. The molecule has 0 spiro atoms. The number of nitrogens with zero attached hydrogens (tertiary/aromatic N) is 1. The second kappa shape index (κ2) is 6.84. The van der Waals surface area contributed by atoms with Crippen molar-refractivity contribution in [2.24, 2.45) is 5.84 Å². The number of carbonyl (C=O) groups is 1. The zero-order valence-electron chi connectivity index (χ0n) is 11.5. The van der Waals surface area contributed by atoms with E-state index in [-0.39, 0.29) is 5.91 Å². The molecular weight excluding hydrogens is 250 g/mol. The van der Waals surface area contributed by atoms with E-state index in [0.29, 0.717) is 12.1 Å². The molecule has 0 aromatic heterocycles. The number of nitrogens with one attached hydrogen (secondary N) is 1. The maximum atomic E-state index is 11.7. The first-order valence-electron chi connectivity index (χ1n) is 6.52. The summed E-state index contributed by atoms with van der Waals surface area (Å²) in [6, 6.07) is 17.7. The number of hydrazine groups is 1. The van der Waals surface area contributed by atoms with Gasteiger partial charge in [0.1, 0.15) is 0 Å². The number of hydrogen-bond donors (Lipinski definition) is 2. The summed E-state index contributed by atoms with van der Waals surface area (Å²) < 4.78 is 0. The smallest absolute Gasteiger partial charge is 0.265 e. The van der Waals surface area contributed by atoms with E-state index in [1.807, 2.05) is 43.4 Å². The van der Waals surface area contributed by atoms with E-state index in [1.165, 1.54) is 5.56 Å². The summed E-state index contributed by atoms with van der Waals surface area (Å²) in [5.41, 5.74) is 5.02. The lowest BCUT2D eigenvalue weighted by atomic mass is 10.1. The van der Waals surface area contributed by atoms with Gasteiger partial charge in [0.25, 0.3) is 5.91 Å². The Morgan fingerprint density at radius 2 is 1.70 bits per heavy atom. The Labute approximate surface area is 119 Å². The van der Waals surface area contributed by atoms with Gasteiger partial charge < -0.3 is 0 Å². The van der Waals surface area contributed by atoms with E-state index in [9.17, 15) is 4.79 Å². The van der Waals surface area contributed by atoms with Gasteiger partial charge in [-0.2, -0.15) is 0 Å². The summed E-state index contributed by atoms with van der Waals surface area (Å²) in [4.78, 5) is 13.9. The molecule has 0 bridgehead atoms. The van der Waals surface area contributed by atoms with Crippen molar-refractivity contribution in [3.63, 3.8) is 0 Å². The average Bonchev–Trinajstić information content (AvgIpc) is 2.48. The van der Waals surface area contributed by atoms with Gasteiger partial charge in [-0.15, -0.1) is 0 Å². The van der Waals surface area contributed by atoms with Crippen molar-refractivity contribution in [2.75, 3.05) is 7.05 Å². The van der Waals surface area contributed by atoms with E-state index in [2.05, 4.69) is 22.5 Å². The van der Waals surface area contributed by atoms with Gasteiger partial charge in [0.05, 0.1) is 0 Å². The van der Waals surface area contributed by atoms with Crippen molar-refractivity contribution in [1.29, 1.82) is 0 Å². The van der Waals surface area contributed by atoms with Crippen LogP contribution in [0.4, 0.5) is 0 Å². The van der Waals surface area contributed by atoms with Crippen molar-refractivity contribution < 1.29 is 4.79 Å². The number of carbonyl (C=O) groups excluding carboxylic acids is 1. The monoisotopic (exact) mass is 269 g/mol. The lowest BCUT2D eigenvalue weighted by molar-refractivity contribution is 0.0952. The number of nitrogen functional groups attached to an aromatic ring is 1. The predicted molar refractivity (Wildman–Crippen MR) is 79.7 cm³/mol. The molecule has 2 aromatic rings. The molecule has 0 unspecified atom stereocenters. The van der Waals surface area contributed by atoms with Crippen molar-refractivity contribution >= 4 is 5.91 Å². The highest BCUT2D eigenvalue weighted by Crippen LogP contribution is 2.12. The van der Waals surface area contributed by atoms with Crippen molar-refractivity contribution in [3.8, 4) is 0 Å². The Morgan fingerprint density at radius 3 is 2.40 bits per heavy atom. The lowest BCUT2D eigenvalue weighted by Gasteiger charge is -2.18. The van der Waals surface area contributed by atoms with Gasteiger partial charge in [-0.05, 0) is 24.2 Å². The van der Waals surface area contributed by atoms with E-state index >= 15 is 0 Å². The fraction of sp³-hybridized carbons (Fsp3) is 0.188. The molecule has 0 saturated carbocycles. The second-order valence-corrected chi connectivity index (χ2v) is 4.79. The topological polar surface area (TPSA) is 58.4 Å². The zero-order valence-corrected chi connectivity index (χ0v) is 11.5. The minimum atomic E-state index is -0.256. The summed E-state index contributed by atoms with van der Waals surface area (Å²) in [6.45, 7) is 1.53. The highest BCUT2D eigenvalue weighted by molar-refractivity contribution is 5.95. The van der Waals surface area contributed by atoms with Crippen LogP contribution in [0.3, 0.4) is 0 Å². The molecule has 0 fully saturated rings. The molecule has 104 valence electrons. The quantitative estimate of drug-likeness (QED) is 0.495. The highest BCUT2D eigenvalue weighted by atomic mass is 16.2. The lowest BCUT2D eigenvalue weighted by Crippen LogP contribution is -2.31. The highest BCUT2D eigenvalue weighted by Gasteiger charge is 2.11.